The molecule has 6 nitrogen and oxygen atoms in total. The Hall–Kier alpha value is -1.18. The second-order valence-electron chi connectivity index (χ2n) is 4.28. The fraction of sp³-hybridized carbons (Fsp3) is 0.545. The van der Waals surface area contributed by atoms with Gasteiger partial charge < -0.3 is 10.5 Å². The third kappa shape index (κ3) is 2.63. The monoisotopic (exact) mass is 271 g/mol. The molecule has 18 heavy (non-hydrogen) atoms. The van der Waals surface area contributed by atoms with Crippen molar-refractivity contribution >= 4 is 15.8 Å². The van der Waals surface area contributed by atoms with Gasteiger partial charge in [-0.3, -0.25) is 0 Å². The van der Waals surface area contributed by atoms with Crippen molar-refractivity contribution in [2.24, 2.45) is 0 Å². The molecule has 1 saturated heterocycles. The van der Waals surface area contributed by atoms with Crippen LogP contribution in [-0.2, 0) is 14.8 Å². The molecule has 2 N–H and O–H groups in total. The minimum absolute atomic E-state index is 0.0156. The molecule has 0 amide bonds. The van der Waals surface area contributed by atoms with Crippen molar-refractivity contribution in [3.05, 3.63) is 18.3 Å². The maximum absolute atomic E-state index is 12.4. The van der Waals surface area contributed by atoms with Crippen molar-refractivity contribution in [3.8, 4) is 0 Å². The van der Waals surface area contributed by atoms with Crippen LogP contribution >= 0.6 is 0 Å². The fourth-order valence-corrected chi connectivity index (χ4v) is 3.44. The number of sulfonamides is 1. The van der Waals surface area contributed by atoms with Gasteiger partial charge in [0.2, 0.25) is 10.0 Å². The molecule has 7 heteroatoms. The first-order chi connectivity index (χ1) is 8.51. The first-order valence-electron chi connectivity index (χ1n) is 5.79. The van der Waals surface area contributed by atoms with E-state index >= 15 is 0 Å². The number of ether oxygens (including phenoxy) is 1. The van der Waals surface area contributed by atoms with Crippen molar-refractivity contribution in [2.45, 2.75) is 23.8 Å². The lowest BCUT2D eigenvalue weighted by atomic mass is 10.1. The molecule has 0 spiro atoms. The van der Waals surface area contributed by atoms with E-state index in [-0.39, 0.29) is 16.8 Å². The second kappa shape index (κ2) is 5.21. The molecule has 2 heterocycles. The molecule has 1 aromatic heterocycles. The van der Waals surface area contributed by atoms with Gasteiger partial charge in [-0.1, -0.05) is 0 Å². The molecule has 1 aliphatic heterocycles. The Morgan fingerprint density at radius 2 is 2.11 bits per heavy atom. The predicted molar refractivity (Wildman–Crippen MR) is 67.4 cm³/mol. The molecule has 0 radical (unpaired) electrons. The summed E-state index contributed by atoms with van der Waals surface area (Å²) in [6.45, 7) is 1.20. The summed E-state index contributed by atoms with van der Waals surface area (Å²) in [4.78, 5) is 3.98. The fourth-order valence-electron chi connectivity index (χ4n) is 2.00. The number of anilines is 1. The van der Waals surface area contributed by atoms with Gasteiger partial charge in [-0.15, -0.1) is 0 Å². The Bertz CT molecular complexity index is 512. The molecule has 1 aliphatic rings. The van der Waals surface area contributed by atoms with Gasteiger partial charge in [-0.25, -0.2) is 13.4 Å². The summed E-state index contributed by atoms with van der Waals surface area (Å²) < 4.78 is 31.4. The second-order valence-corrected chi connectivity index (χ2v) is 6.28. The highest BCUT2D eigenvalue weighted by Crippen LogP contribution is 2.22. The molecule has 1 aromatic rings. The zero-order valence-corrected chi connectivity index (χ0v) is 11.1. The third-order valence-corrected chi connectivity index (χ3v) is 5.04. The van der Waals surface area contributed by atoms with Gasteiger partial charge in [-0.2, -0.15) is 4.31 Å². The van der Waals surface area contributed by atoms with Crippen molar-refractivity contribution in [1.82, 2.24) is 9.29 Å². The van der Waals surface area contributed by atoms with Crippen LogP contribution in [0.4, 0.5) is 5.82 Å². The van der Waals surface area contributed by atoms with Crippen LogP contribution in [0.1, 0.15) is 12.8 Å². The third-order valence-electron chi connectivity index (χ3n) is 3.13. The van der Waals surface area contributed by atoms with E-state index in [1.165, 1.54) is 22.6 Å². The molecule has 0 unspecified atom stereocenters. The zero-order valence-electron chi connectivity index (χ0n) is 10.2. The normalized spacial score (nSPS) is 18.1. The van der Waals surface area contributed by atoms with Crippen molar-refractivity contribution in [1.29, 1.82) is 0 Å². The molecule has 0 aromatic carbocycles. The lowest BCUT2D eigenvalue weighted by Gasteiger charge is -2.30. The summed E-state index contributed by atoms with van der Waals surface area (Å²) in [6, 6.07) is 2.82. The maximum atomic E-state index is 12.4. The quantitative estimate of drug-likeness (QED) is 0.863. The molecular weight excluding hydrogens is 254 g/mol. The van der Waals surface area contributed by atoms with E-state index in [4.69, 9.17) is 10.5 Å². The van der Waals surface area contributed by atoms with Gasteiger partial charge in [0.15, 0.2) is 0 Å². The zero-order chi connectivity index (χ0) is 13.2. The largest absolute Gasteiger partial charge is 0.384 e. The van der Waals surface area contributed by atoms with Gasteiger partial charge >= 0.3 is 0 Å². The molecule has 100 valence electrons. The van der Waals surface area contributed by atoms with Crippen LogP contribution in [0.15, 0.2) is 23.2 Å². The number of hydrogen-bond donors (Lipinski definition) is 1. The van der Waals surface area contributed by atoms with E-state index < -0.39 is 10.0 Å². The van der Waals surface area contributed by atoms with E-state index in [0.29, 0.717) is 13.2 Å². The Labute approximate surface area is 107 Å². The first kappa shape index (κ1) is 13.3. The number of nitrogens with two attached hydrogens (primary N) is 1. The molecule has 0 saturated carbocycles. The Morgan fingerprint density at radius 1 is 1.44 bits per heavy atom. The lowest BCUT2D eigenvalue weighted by molar-refractivity contribution is 0.0632. The van der Waals surface area contributed by atoms with Gasteiger partial charge in [0.05, 0.1) is 4.90 Å². The first-order valence-corrected chi connectivity index (χ1v) is 7.23. The van der Waals surface area contributed by atoms with Gasteiger partial charge in [0, 0.05) is 38.6 Å². The van der Waals surface area contributed by atoms with E-state index in [2.05, 4.69) is 4.98 Å². The van der Waals surface area contributed by atoms with Crippen LogP contribution in [0.5, 0.6) is 0 Å². The summed E-state index contributed by atoms with van der Waals surface area (Å²) in [6.07, 6.45) is 2.84. The van der Waals surface area contributed by atoms with E-state index in [1.807, 2.05) is 0 Å². The number of aromatic nitrogens is 1. The summed E-state index contributed by atoms with van der Waals surface area (Å²) >= 11 is 0. The van der Waals surface area contributed by atoms with Crippen molar-refractivity contribution in [2.75, 3.05) is 26.0 Å². The van der Waals surface area contributed by atoms with E-state index in [1.54, 1.807) is 7.05 Å². The standard InChI is InChI=1S/C11H17N3O3S/c1-14(9-3-6-17-7-4-9)18(15,16)10-2-5-13-11(12)8-10/h2,5,8-9H,3-4,6-7H2,1H3,(H2,12,13). The van der Waals surface area contributed by atoms with Crippen LogP contribution < -0.4 is 5.73 Å². The van der Waals surface area contributed by atoms with E-state index in [0.717, 1.165) is 12.8 Å². The van der Waals surface area contributed by atoms with Crippen LogP contribution in [-0.4, -0.2) is 44.0 Å². The molecule has 0 aliphatic carbocycles. The summed E-state index contributed by atoms with van der Waals surface area (Å²) in [5.41, 5.74) is 5.52. The highest BCUT2D eigenvalue weighted by Gasteiger charge is 2.29. The minimum atomic E-state index is -3.50. The van der Waals surface area contributed by atoms with Crippen molar-refractivity contribution in [3.63, 3.8) is 0 Å². The van der Waals surface area contributed by atoms with Crippen LogP contribution in [0.3, 0.4) is 0 Å². The van der Waals surface area contributed by atoms with Crippen LogP contribution in [0.2, 0.25) is 0 Å². The SMILES string of the molecule is CN(C1CCOCC1)S(=O)(=O)c1ccnc(N)c1. The highest BCUT2D eigenvalue weighted by atomic mass is 32.2. The van der Waals surface area contributed by atoms with Gasteiger partial charge in [0.1, 0.15) is 5.82 Å². The number of nitrogen functional groups attached to an aromatic ring is 1. The van der Waals surface area contributed by atoms with Crippen molar-refractivity contribution < 1.29 is 13.2 Å². The average molecular weight is 271 g/mol. The Kier molecular flexibility index (Phi) is 3.84. The average Bonchev–Trinajstić information content (AvgIpc) is 2.39. The number of hydrogen-bond acceptors (Lipinski definition) is 5. The molecular formula is C11H17N3O3S. The summed E-state index contributed by atoms with van der Waals surface area (Å²) in [7, 11) is -1.90. The summed E-state index contributed by atoms with van der Waals surface area (Å²) in [5.74, 6) is 0.205. The summed E-state index contributed by atoms with van der Waals surface area (Å²) in [5, 5.41) is 0. The van der Waals surface area contributed by atoms with Crippen LogP contribution in [0, 0.1) is 0 Å². The maximum Gasteiger partial charge on any atom is 0.243 e. The number of nitrogens with zero attached hydrogens (tertiary/aromatic N) is 2. The molecule has 2 rings (SSSR count). The predicted octanol–water partition coefficient (Wildman–Crippen LogP) is 0.463. The minimum Gasteiger partial charge on any atom is -0.384 e. The van der Waals surface area contributed by atoms with Gasteiger partial charge in [0.25, 0.3) is 0 Å². The van der Waals surface area contributed by atoms with Crippen LogP contribution in [0.25, 0.3) is 0 Å². The molecule has 0 bridgehead atoms. The Morgan fingerprint density at radius 3 is 2.72 bits per heavy atom. The Balaban J connectivity index is 2.24. The highest BCUT2D eigenvalue weighted by molar-refractivity contribution is 7.89. The number of pyridine rings is 1. The smallest absolute Gasteiger partial charge is 0.243 e. The van der Waals surface area contributed by atoms with Gasteiger partial charge in [-0.05, 0) is 18.9 Å². The lowest BCUT2D eigenvalue weighted by Crippen LogP contribution is -2.40. The number of rotatable bonds is 3. The molecule has 0 atom stereocenters. The molecule has 1 fully saturated rings. The topological polar surface area (TPSA) is 85.5 Å². The van der Waals surface area contributed by atoms with E-state index in [9.17, 15) is 8.42 Å².